The van der Waals surface area contributed by atoms with Gasteiger partial charge in [0.1, 0.15) is 0 Å². The van der Waals surface area contributed by atoms with Crippen LogP contribution in [0.1, 0.15) is 22.9 Å². The molecule has 5 nitrogen and oxygen atoms in total. The molecule has 0 bridgehead atoms. The van der Waals surface area contributed by atoms with E-state index in [4.69, 9.17) is 10.6 Å². The number of hydrazine groups is 1. The highest BCUT2D eigenvalue weighted by Crippen LogP contribution is 2.17. The van der Waals surface area contributed by atoms with Crippen LogP contribution in [0, 0.1) is 6.92 Å². The van der Waals surface area contributed by atoms with E-state index in [1.165, 1.54) is 11.1 Å². The van der Waals surface area contributed by atoms with Crippen molar-refractivity contribution in [1.82, 2.24) is 15.6 Å². The molecule has 0 aliphatic heterocycles. The maximum absolute atomic E-state index is 5.60. The van der Waals surface area contributed by atoms with Gasteiger partial charge in [-0.05, 0) is 25.0 Å². The second-order valence-electron chi connectivity index (χ2n) is 4.41. The zero-order chi connectivity index (χ0) is 13.7. The number of rotatable bonds is 5. The number of nitrogens with two attached hydrogens (primary N) is 1. The molecule has 1 aromatic heterocycles. The topological polar surface area (TPSA) is 73.1 Å². The Hall–Kier alpha value is -1.98. The van der Waals surface area contributed by atoms with E-state index < -0.39 is 0 Å². The van der Waals surface area contributed by atoms with Crippen molar-refractivity contribution in [2.45, 2.75) is 19.4 Å². The summed E-state index contributed by atoms with van der Waals surface area (Å²) in [6.07, 6.45) is 0.762. The van der Waals surface area contributed by atoms with E-state index in [1.807, 2.05) is 6.07 Å². The Kier molecular flexibility index (Phi) is 4.43. The van der Waals surface area contributed by atoms with Crippen LogP contribution in [-0.2, 0) is 6.42 Å². The number of aromatic nitrogens is 2. The molecule has 0 aliphatic carbocycles. The molecule has 3 N–H and O–H groups in total. The number of hydrogen-bond donors (Lipinski definition) is 2. The monoisotopic (exact) mass is 258 g/mol. The standard InChI is InChI=1S/C14H18N4O/c1-10-3-5-11(6-4-10)9-13(16-15)12-7-8-14(19-2)18-17-12/h3-8,13,16H,9,15H2,1-2H3. The Bertz CT molecular complexity index is 510. The summed E-state index contributed by atoms with van der Waals surface area (Å²) in [5, 5.41) is 8.07. The number of ether oxygens (including phenoxy) is 1. The van der Waals surface area contributed by atoms with Crippen LogP contribution in [0.25, 0.3) is 0 Å². The number of nitrogens with zero attached hydrogens (tertiary/aromatic N) is 2. The third-order valence-electron chi connectivity index (χ3n) is 2.99. The van der Waals surface area contributed by atoms with Gasteiger partial charge < -0.3 is 4.74 Å². The average molecular weight is 258 g/mol. The second kappa shape index (κ2) is 6.26. The van der Waals surface area contributed by atoms with Crippen molar-refractivity contribution in [1.29, 1.82) is 0 Å². The summed E-state index contributed by atoms with van der Waals surface area (Å²) < 4.78 is 4.99. The lowest BCUT2D eigenvalue weighted by molar-refractivity contribution is 0.389. The first-order chi connectivity index (χ1) is 9.22. The van der Waals surface area contributed by atoms with E-state index in [9.17, 15) is 0 Å². The molecule has 100 valence electrons. The molecule has 1 heterocycles. The molecule has 19 heavy (non-hydrogen) atoms. The van der Waals surface area contributed by atoms with Gasteiger partial charge in [-0.1, -0.05) is 29.8 Å². The first kappa shape index (κ1) is 13.5. The van der Waals surface area contributed by atoms with E-state index in [2.05, 4.69) is 46.8 Å². The summed E-state index contributed by atoms with van der Waals surface area (Å²) in [6, 6.07) is 11.9. The molecule has 1 atom stereocenters. The molecule has 0 saturated carbocycles. The Morgan fingerprint density at radius 3 is 2.42 bits per heavy atom. The molecule has 1 unspecified atom stereocenters. The molecule has 1 aromatic carbocycles. The first-order valence-corrected chi connectivity index (χ1v) is 6.12. The molecule has 2 aromatic rings. The van der Waals surface area contributed by atoms with Gasteiger partial charge in [0.25, 0.3) is 0 Å². The quantitative estimate of drug-likeness (QED) is 0.628. The Morgan fingerprint density at radius 2 is 1.89 bits per heavy atom. The summed E-state index contributed by atoms with van der Waals surface area (Å²) in [6.45, 7) is 2.07. The van der Waals surface area contributed by atoms with E-state index >= 15 is 0 Å². The van der Waals surface area contributed by atoms with Gasteiger partial charge in [-0.25, -0.2) is 0 Å². The fourth-order valence-corrected chi connectivity index (χ4v) is 1.83. The van der Waals surface area contributed by atoms with Crippen molar-refractivity contribution < 1.29 is 4.74 Å². The van der Waals surface area contributed by atoms with Crippen LogP contribution in [-0.4, -0.2) is 17.3 Å². The maximum Gasteiger partial charge on any atom is 0.233 e. The molecule has 0 saturated heterocycles. The van der Waals surface area contributed by atoms with Crippen LogP contribution in [0.2, 0.25) is 0 Å². The Morgan fingerprint density at radius 1 is 1.16 bits per heavy atom. The van der Waals surface area contributed by atoms with E-state index in [1.54, 1.807) is 13.2 Å². The van der Waals surface area contributed by atoms with Crippen LogP contribution in [0.4, 0.5) is 0 Å². The predicted octanol–water partition coefficient (Wildman–Crippen LogP) is 1.54. The molecule has 0 aliphatic rings. The lowest BCUT2D eigenvalue weighted by Crippen LogP contribution is -2.30. The molecule has 0 spiro atoms. The molecular formula is C14H18N4O. The third-order valence-corrected chi connectivity index (χ3v) is 2.99. The van der Waals surface area contributed by atoms with Crippen molar-refractivity contribution in [3.05, 3.63) is 53.2 Å². The normalized spacial score (nSPS) is 12.2. The molecule has 0 radical (unpaired) electrons. The number of benzene rings is 1. The lowest BCUT2D eigenvalue weighted by Gasteiger charge is -2.15. The van der Waals surface area contributed by atoms with Gasteiger partial charge >= 0.3 is 0 Å². The van der Waals surface area contributed by atoms with Gasteiger partial charge in [-0.2, -0.15) is 5.10 Å². The Balaban J connectivity index is 2.12. The van der Waals surface area contributed by atoms with Gasteiger partial charge in [-0.3, -0.25) is 11.3 Å². The van der Waals surface area contributed by atoms with Crippen molar-refractivity contribution in [3.8, 4) is 5.88 Å². The largest absolute Gasteiger partial charge is 0.480 e. The Labute approximate surface area is 112 Å². The second-order valence-corrected chi connectivity index (χ2v) is 4.41. The van der Waals surface area contributed by atoms with Gasteiger partial charge in [0.2, 0.25) is 5.88 Å². The number of methoxy groups -OCH3 is 1. The van der Waals surface area contributed by atoms with Crippen LogP contribution in [0.15, 0.2) is 36.4 Å². The number of aryl methyl sites for hydroxylation is 1. The van der Waals surface area contributed by atoms with E-state index in [0.29, 0.717) is 5.88 Å². The lowest BCUT2D eigenvalue weighted by atomic mass is 10.0. The summed E-state index contributed by atoms with van der Waals surface area (Å²) >= 11 is 0. The van der Waals surface area contributed by atoms with Gasteiger partial charge in [0, 0.05) is 6.07 Å². The highest BCUT2D eigenvalue weighted by molar-refractivity contribution is 5.24. The fourth-order valence-electron chi connectivity index (χ4n) is 1.83. The van der Waals surface area contributed by atoms with Crippen LogP contribution in [0.3, 0.4) is 0 Å². The minimum Gasteiger partial charge on any atom is -0.480 e. The van der Waals surface area contributed by atoms with Crippen LogP contribution >= 0.6 is 0 Å². The summed E-state index contributed by atoms with van der Waals surface area (Å²) in [5.74, 6) is 6.10. The van der Waals surface area contributed by atoms with Crippen LogP contribution in [0.5, 0.6) is 5.88 Å². The molecule has 5 heteroatoms. The van der Waals surface area contributed by atoms with Crippen molar-refractivity contribution >= 4 is 0 Å². The third kappa shape index (κ3) is 3.49. The first-order valence-electron chi connectivity index (χ1n) is 6.12. The minimum atomic E-state index is -0.0684. The van der Waals surface area contributed by atoms with E-state index in [-0.39, 0.29) is 6.04 Å². The SMILES string of the molecule is COc1ccc(C(Cc2ccc(C)cc2)NN)nn1. The number of hydrogen-bond acceptors (Lipinski definition) is 5. The zero-order valence-electron chi connectivity index (χ0n) is 11.1. The predicted molar refractivity (Wildman–Crippen MR) is 73.5 cm³/mol. The van der Waals surface area contributed by atoms with Gasteiger partial charge in [-0.15, -0.1) is 5.10 Å². The minimum absolute atomic E-state index is 0.0684. The molecule has 0 fully saturated rings. The highest BCUT2D eigenvalue weighted by atomic mass is 16.5. The van der Waals surface area contributed by atoms with Gasteiger partial charge in [0.15, 0.2) is 0 Å². The molecule has 2 rings (SSSR count). The van der Waals surface area contributed by atoms with Crippen LogP contribution < -0.4 is 16.0 Å². The molecule has 0 amide bonds. The van der Waals surface area contributed by atoms with Crippen molar-refractivity contribution in [2.75, 3.05) is 7.11 Å². The van der Waals surface area contributed by atoms with Crippen molar-refractivity contribution in [3.63, 3.8) is 0 Å². The summed E-state index contributed by atoms with van der Waals surface area (Å²) in [5.41, 5.74) is 6.01. The van der Waals surface area contributed by atoms with Gasteiger partial charge in [0.05, 0.1) is 18.8 Å². The zero-order valence-corrected chi connectivity index (χ0v) is 11.1. The number of nitrogens with one attached hydrogen (secondary N) is 1. The smallest absolute Gasteiger partial charge is 0.233 e. The summed E-state index contributed by atoms with van der Waals surface area (Å²) in [7, 11) is 1.56. The highest BCUT2D eigenvalue weighted by Gasteiger charge is 2.12. The average Bonchev–Trinajstić information content (AvgIpc) is 2.47. The van der Waals surface area contributed by atoms with Crippen molar-refractivity contribution in [2.24, 2.45) is 5.84 Å². The fraction of sp³-hybridized carbons (Fsp3) is 0.286. The maximum atomic E-state index is 5.60. The molecular weight excluding hydrogens is 240 g/mol. The summed E-state index contributed by atoms with van der Waals surface area (Å²) in [4.78, 5) is 0. The van der Waals surface area contributed by atoms with E-state index in [0.717, 1.165) is 12.1 Å².